The van der Waals surface area contributed by atoms with Gasteiger partial charge in [-0.3, -0.25) is 0 Å². The zero-order valence-corrected chi connectivity index (χ0v) is 12.8. The van der Waals surface area contributed by atoms with Crippen LogP contribution >= 0.6 is 0 Å². The van der Waals surface area contributed by atoms with Gasteiger partial charge in [-0.1, -0.05) is 0 Å². The largest absolute Gasteiger partial charge is 0.475 e. The molecular weight excluding hydrogens is 293 g/mol. The summed E-state index contributed by atoms with van der Waals surface area (Å²) in [5.41, 5.74) is 0.363. The maximum atomic E-state index is 13.0. The maximum Gasteiger partial charge on any atom is 0.421 e. The first-order valence-electron chi connectivity index (χ1n) is 7.72. The third-order valence-corrected chi connectivity index (χ3v) is 4.51. The van der Waals surface area contributed by atoms with Gasteiger partial charge in [0.05, 0.1) is 6.10 Å². The Bertz CT molecular complexity index is 545. The second-order valence-electron chi connectivity index (χ2n) is 6.90. The van der Waals surface area contributed by atoms with Crippen molar-refractivity contribution in [1.82, 2.24) is 10.3 Å². The molecular formula is C16H21F3N2O. The lowest BCUT2D eigenvalue weighted by Crippen LogP contribution is -2.60. The van der Waals surface area contributed by atoms with Crippen LogP contribution < -0.4 is 10.1 Å². The van der Waals surface area contributed by atoms with Gasteiger partial charge >= 0.3 is 6.18 Å². The Hall–Kier alpha value is -1.30. The fraction of sp³-hybridized carbons (Fsp3) is 0.688. The molecule has 0 unspecified atom stereocenters. The highest BCUT2D eigenvalue weighted by atomic mass is 19.4. The molecule has 122 valence electrons. The summed E-state index contributed by atoms with van der Waals surface area (Å²) in [5.74, 6) is 0.234. The molecule has 2 heterocycles. The van der Waals surface area contributed by atoms with E-state index in [4.69, 9.17) is 4.74 Å². The highest BCUT2D eigenvalue weighted by Crippen LogP contribution is 2.49. The summed E-state index contributed by atoms with van der Waals surface area (Å²) < 4.78 is 44.3. The Morgan fingerprint density at radius 1 is 1.32 bits per heavy atom. The number of pyridine rings is 1. The molecule has 0 aromatic carbocycles. The van der Waals surface area contributed by atoms with Crippen LogP contribution in [-0.2, 0) is 12.6 Å². The van der Waals surface area contributed by atoms with Gasteiger partial charge in [-0.15, -0.1) is 0 Å². The van der Waals surface area contributed by atoms with E-state index in [0.29, 0.717) is 17.0 Å². The summed E-state index contributed by atoms with van der Waals surface area (Å²) >= 11 is 0. The number of alkyl halides is 3. The van der Waals surface area contributed by atoms with Gasteiger partial charge in [-0.25, -0.2) is 4.98 Å². The van der Waals surface area contributed by atoms with Crippen LogP contribution in [0, 0.1) is 11.3 Å². The SMILES string of the molecule is CC(C)Oc1nc(CC2CC3(CNC3)C2)ccc1C(F)(F)F. The first-order chi connectivity index (χ1) is 10.3. The molecule has 1 aromatic heterocycles. The molecule has 2 aliphatic rings. The molecule has 0 radical (unpaired) electrons. The number of aromatic nitrogens is 1. The Kier molecular flexibility index (Phi) is 3.83. The monoisotopic (exact) mass is 314 g/mol. The molecule has 3 rings (SSSR count). The van der Waals surface area contributed by atoms with Crippen LogP contribution in [-0.4, -0.2) is 24.2 Å². The van der Waals surface area contributed by atoms with E-state index in [9.17, 15) is 13.2 Å². The van der Waals surface area contributed by atoms with Crippen molar-refractivity contribution < 1.29 is 17.9 Å². The molecule has 1 aliphatic heterocycles. The van der Waals surface area contributed by atoms with Crippen molar-refractivity contribution in [3.63, 3.8) is 0 Å². The van der Waals surface area contributed by atoms with Crippen molar-refractivity contribution in [3.05, 3.63) is 23.4 Å². The average molecular weight is 314 g/mol. The second-order valence-corrected chi connectivity index (χ2v) is 6.90. The molecule has 22 heavy (non-hydrogen) atoms. The third-order valence-electron chi connectivity index (χ3n) is 4.51. The summed E-state index contributed by atoms with van der Waals surface area (Å²) in [6.45, 7) is 5.55. The molecule has 0 atom stereocenters. The summed E-state index contributed by atoms with van der Waals surface area (Å²) in [6.07, 6.45) is -1.76. The van der Waals surface area contributed by atoms with Crippen molar-refractivity contribution in [2.24, 2.45) is 11.3 Å². The van der Waals surface area contributed by atoms with Crippen molar-refractivity contribution in [1.29, 1.82) is 0 Å². The van der Waals surface area contributed by atoms with E-state index in [1.807, 2.05) is 0 Å². The first-order valence-corrected chi connectivity index (χ1v) is 7.72. The second kappa shape index (κ2) is 5.41. The van der Waals surface area contributed by atoms with E-state index in [0.717, 1.165) is 38.4 Å². The number of hydrogen-bond acceptors (Lipinski definition) is 3. The highest BCUT2D eigenvalue weighted by molar-refractivity contribution is 5.31. The van der Waals surface area contributed by atoms with E-state index < -0.39 is 11.7 Å². The van der Waals surface area contributed by atoms with Gasteiger partial charge in [0.2, 0.25) is 5.88 Å². The zero-order valence-electron chi connectivity index (χ0n) is 12.8. The van der Waals surface area contributed by atoms with Gasteiger partial charge in [0.25, 0.3) is 0 Å². The van der Waals surface area contributed by atoms with Crippen LogP contribution in [0.2, 0.25) is 0 Å². The van der Waals surface area contributed by atoms with Gasteiger partial charge in [-0.2, -0.15) is 13.2 Å². The molecule has 3 nitrogen and oxygen atoms in total. The van der Waals surface area contributed by atoms with Crippen LogP contribution in [0.3, 0.4) is 0 Å². The third kappa shape index (κ3) is 3.07. The minimum Gasteiger partial charge on any atom is -0.475 e. The van der Waals surface area contributed by atoms with Crippen LogP contribution in [0.5, 0.6) is 5.88 Å². The molecule has 1 N–H and O–H groups in total. The standard InChI is InChI=1S/C16H21F3N2O/c1-10(2)22-14-13(16(17,18)19)4-3-12(21-14)5-11-6-15(7-11)8-20-9-15/h3-4,10-11,20H,5-9H2,1-2H3. The number of nitrogens with zero attached hydrogens (tertiary/aromatic N) is 1. The number of ether oxygens (including phenoxy) is 1. The van der Waals surface area contributed by atoms with E-state index in [-0.39, 0.29) is 12.0 Å². The van der Waals surface area contributed by atoms with Crippen molar-refractivity contribution in [3.8, 4) is 5.88 Å². The molecule has 2 fully saturated rings. The Labute approximate surface area is 128 Å². The minimum atomic E-state index is -4.44. The van der Waals surface area contributed by atoms with Crippen molar-refractivity contribution in [2.45, 2.75) is 45.4 Å². The fourth-order valence-corrected chi connectivity index (χ4v) is 3.49. The zero-order chi connectivity index (χ0) is 16.0. The Morgan fingerprint density at radius 3 is 2.50 bits per heavy atom. The first kappa shape index (κ1) is 15.6. The van der Waals surface area contributed by atoms with E-state index in [1.165, 1.54) is 6.07 Å². The number of nitrogens with one attached hydrogen (secondary N) is 1. The smallest absolute Gasteiger partial charge is 0.421 e. The van der Waals surface area contributed by atoms with Gasteiger partial charge in [-0.05, 0) is 56.6 Å². The van der Waals surface area contributed by atoms with E-state index >= 15 is 0 Å². The molecule has 0 bridgehead atoms. The summed E-state index contributed by atoms with van der Waals surface area (Å²) in [7, 11) is 0. The topological polar surface area (TPSA) is 34.1 Å². The average Bonchev–Trinajstić information content (AvgIpc) is 2.28. The molecule has 0 amide bonds. The quantitative estimate of drug-likeness (QED) is 0.924. The van der Waals surface area contributed by atoms with Gasteiger partial charge < -0.3 is 10.1 Å². The minimum absolute atomic E-state index is 0.292. The maximum absolute atomic E-state index is 13.0. The fourth-order valence-electron chi connectivity index (χ4n) is 3.49. The molecule has 1 aromatic rings. The van der Waals surface area contributed by atoms with E-state index in [1.54, 1.807) is 13.8 Å². The number of halogens is 3. The van der Waals surface area contributed by atoms with Crippen LogP contribution in [0.25, 0.3) is 0 Å². The normalized spacial score (nSPS) is 20.8. The summed E-state index contributed by atoms with van der Waals surface area (Å²) in [5, 5.41) is 3.28. The van der Waals surface area contributed by atoms with Gasteiger partial charge in [0.1, 0.15) is 5.56 Å². The van der Waals surface area contributed by atoms with Crippen LogP contribution in [0.15, 0.2) is 12.1 Å². The lowest BCUT2D eigenvalue weighted by Gasteiger charge is -2.54. The number of rotatable bonds is 4. The predicted octanol–water partition coefficient (Wildman–Crippen LogP) is 3.43. The van der Waals surface area contributed by atoms with Gasteiger partial charge in [0, 0.05) is 18.8 Å². The lowest BCUT2D eigenvalue weighted by atomic mass is 9.57. The summed E-state index contributed by atoms with van der Waals surface area (Å²) in [4.78, 5) is 4.13. The Balaban J connectivity index is 1.72. The van der Waals surface area contributed by atoms with Gasteiger partial charge in [0.15, 0.2) is 0 Å². The summed E-state index contributed by atoms with van der Waals surface area (Å²) in [6, 6.07) is 2.58. The molecule has 1 spiro atoms. The predicted molar refractivity (Wildman–Crippen MR) is 76.7 cm³/mol. The van der Waals surface area contributed by atoms with E-state index in [2.05, 4.69) is 10.3 Å². The van der Waals surface area contributed by atoms with Crippen molar-refractivity contribution in [2.75, 3.05) is 13.1 Å². The van der Waals surface area contributed by atoms with Crippen LogP contribution in [0.4, 0.5) is 13.2 Å². The Morgan fingerprint density at radius 2 is 2.00 bits per heavy atom. The number of hydrogen-bond donors (Lipinski definition) is 1. The van der Waals surface area contributed by atoms with Crippen LogP contribution in [0.1, 0.15) is 37.9 Å². The molecule has 1 aliphatic carbocycles. The molecule has 6 heteroatoms. The van der Waals surface area contributed by atoms with Crippen molar-refractivity contribution >= 4 is 0 Å². The lowest BCUT2D eigenvalue weighted by molar-refractivity contribution is -0.139. The molecule has 1 saturated heterocycles. The molecule has 1 saturated carbocycles. The highest BCUT2D eigenvalue weighted by Gasteiger charge is 2.48.